The summed E-state index contributed by atoms with van der Waals surface area (Å²) in [6.07, 6.45) is 1.59. The van der Waals surface area contributed by atoms with E-state index in [0.717, 1.165) is 9.58 Å². The lowest BCUT2D eigenvalue weighted by Gasteiger charge is -2.28. The van der Waals surface area contributed by atoms with Crippen molar-refractivity contribution in [3.05, 3.63) is 87.3 Å². The molecular formula is C20H13N7O4. The molecule has 0 bridgehead atoms. The number of rotatable bonds is 3. The van der Waals surface area contributed by atoms with Gasteiger partial charge in [0.15, 0.2) is 5.69 Å². The molecule has 1 aliphatic rings. The summed E-state index contributed by atoms with van der Waals surface area (Å²) in [4.78, 5) is 45.5. The molecule has 2 amide bonds. The average molecular weight is 415 g/mol. The van der Waals surface area contributed by atoms with E-state index in [4.69, 9.17) is 5.26 Å². The normalized spacial score (nSPS) is 16.1. The van der Waals surface area contributed by atoms with E-state index in [1.807, 2.05) is 0 Å². The van der Waals surface area contributed by atoms with Crippen LogP contribution in [0, 0.1) is 21.6 Å². The van der Waals surface area contributed by atoms with Gasteiger partial charge in [-0.15, -0.1) is 4.99 Å². The zero-order valence-electron chi connectivity index (χ0n) is 16.0. The van der Waals surface area contributed by atoms with Gasteiger partial charge in [-0.25, -0.2) is 4.98 Å². The Labute approximate surface area is 174 Å². The molecule has 31 heavy (non-hydrogen) atoms. The van der Waals surface area contributed by atoms with Crippen molar-refractivity contribution in [3.8, 4) is 11.9 Å². The molecule has 0 aliphatic carbocycles. The van der Waals surface area contributed by atoms with Gasteiger partial charge in [0.05, 0.1) is 10.6 Å². The largest absolute Gasteiger partial charge is 0.295 e. The second-order valence-corrected chi connectivity index (χ2v) is 6.56. The Balaban J connectivity index is 2.06. The molecule has 1 aromatic heterocycles. The van der Waals surface area contributed by atoms with E-state index in [-0.39, 0.29) is 28.4 Å². The van der Waals surface area contributed by atoms with Gasteiger partial charge in [-0.1, -0.05) is 42.5 Å². The van der Waals surface area contributed by atoms with Crippen molar-refractivity contribution in [1.82, 2.24) is 19.7 Å². The third kappa shape index (κ3) is 3.22. The lowest BCUT2D eigenvalue weighted by molar-refractivity contribution is -0.384. The third-order valence-corrected chi connectivity index (χ3v) is 4.80. The highest BCUT2D eigenvalue weighted by atomic mass is 16.6. The lowest BCUT2D eigenvalue weighted by Crippen LogP contribution is -2.46. The van der Waals surface area contributed by atoms with Crippen LogP contribution in [0.4, 0.5) is 5.69 Å². The number of carbonyl (C=O) groups excluding carboxylic acids is 2. The number of benzene rings is 2. The van der Waals surface area contributed by atoms with Crippen LogP contribution in [-0.4, -0.2) is 43.4 Å². The first-order chi connectivity index (χ1) is 14.9. The van der Waals surface area contributed by atoms with Crippen molar-refractivity contribution >= 4 is 17.5 Å². The van der Waals surface area contributed by atoms with Crippen molar-refractivity contribution in [2.75, 3.05) is 7.05 Å². The highest BCUT2D eigenvalue weighted by Gasteiger charge is 2.41. The number of nitriles is 1. The standard InChI is InChI=1S/C20H13N7O4/c1-25-18(28)15(12-7-3-2-4-8-12)16-17(19(25)29)24-26(20(23-16)22-11-21)13-9-5-6-10-14(13)27(30)31/h2-10,15H,1H3. The van der Waals surface area contributed by atoms with Gasteiger partial charge in [0.25, 0.3) is 17.2 Å². The molecule has 0 fully saturated rings. The maximum Gasteiger partial charge on any atom is 0.295 e. The number of nitrogens with zero attached hydrogens (tertiary/aromatic N) is 7. The molecule has 152 valence electrons. The molecule has 3 aromatic rings. The molecule has 1 atom stereocenters. The molecule has 0 saturated carbocycles. The first-order valence-corrected chi connectivity index (χ1v) is 8.98. The Morgan fingerprint density at radius 2 is 1.81 bits per heavy atom. The average Bonchev–Trinajstić information content (AvgIpc) is 2.78. The Bertz CT molecular complexity index is 1340. The molecule has 1 unspecified atom stereocenters. The van der Waals surface area contributed by atoms with E-state index in [1.165, 1.54) is 31.3 Å². The van der Waals surface area contributed by atoms with Crippen LogP contribution in [0.25, 0.3) is 5.69 Å². The SMILES string of the molecule is CN1C(=O)c2nn(-c3ccccc3[N+](=O)[O-])c(=NC#N)nc2C(c2ccccc2)C1=O. The number of carbonyl (C=O) groups is 2. The van der Waals surface area contributed by atoms with Gasteiger partial charge in [-0.2, -0.15) is 15.0 Å². The van der Waals surface area contributed by atoms with Gasteiger partial charge >= 0.3 is 0 Å². The monoisotopic (exact) mass is 415 g/mol. The number of nitro benzene ring substituents is 1. The molecule has 0 radical (unpaired) electrons. The van der Waals surface area contributed by atoms with Crippen molar-refractivity contribution in [1.29, 1.82) is 5.26 Å². The topological polar surface area (TPSA) is 147 Å². The van der Waals surface area contributed by atoms with Crippen molar-refractivity contribution < 1.29 is 14.5 Å². The second-order valence-electron chi connectivity index (χ2n) is 6.56. The number of amides is 2. The predicted molar refractivity (Wildman–Crippen MR) is 105 cm³/mol. The molecule has 0 spiro atoms. The van der Waals surface area contributed by atoms with Crippen molar-refractivity contribution in [3.63, 3.8) is 0 Å². The lowest BCUT2D eigenvalue weighted by atomic mass is 9.90. The fourth-order valence-corrected chi connectivity index (χ4v) is 3.35. The van der Waals surface area contributed by atoms with Crippen molar-refractivity contribution in [2.45, 2.75) is 5.92 Å². The van der Waals surface area contributed by atoms with Crippen LogP contribution in [0.1, 0.15) is 27.7 Å². The molecule has 11 heteroatoms. The van der Waals surface area contributed by atoms with Crippen LogP contribution < -0.4 is 5.62 Å². The van der Waals surface area contributed by atoms with Crippen LogP contribution in [0.5, 0.6) is 0 Å². The molecule has 2 heterocycles. The van der Waals surface area contributed by atoms with E-state index < -0.39 is 22.7 Å². The number of hydrogen-bond donors (Lipinski definition) is 0. The van der Waals surface area contributed by atoms with Gasteiger partial charge in [0.2, 0.25) is 12.1 Å². The van der Waals surface area contributed by atoms with E-state index in [0.29, 0.717) is 5.56 Å². The molecule has 2 aromatic carbocycles. The first kappa shape index (κ1) is 19.6. The number of imide groups is 1. The number of hydrogen-bond acceptors (Lipinski definition) is 8. The quantitative estimate of drug-likeness (QED) is 0.271. The van der Waals surface area contributed by atoms with Gasteiger partial charge in [0.1, 0.15) is 11.6 Å². The summed E-state index contributed by atoms with van der Waals surface area (Å²) in [5, 5.41) is 24.9. The number of para-hydroxylation sites is 2. The smallest absolute Gasteiger partial charge is 0.279 e. The minimum absolute atomic E-state index is 0.0274. The van der Waals surface area contributed by atoms with Gasteiger partial charge in [-0.05, 0) is 11.6 Å². The molecule has 0 saturated heterocycles. The number of nitro groups is 1. The molecular weight excluding hydrogens is 402 g/mol. The Morgan fingerprint density at radius 3 is 2.48 bits per heavy atom. The van der Waals surface area contributed by atoms with E-state index in [2.05, 4.69) is 15.1 Å². The summed E-state index contributed by atoms with van der Waals surface area (Å²) in [6, 6.07) is 14.3. The Hall–Kier alpha value is -4.72. The zero-order valence-corrected chi connectivity index (χ0v) is 16.0. The van der Waals surface area contributed by atoms with Gasteiger partial charge in [-0.3, -0.25) is 24.6 Å². The Kier molecular flexibility index (Phi) is 4.80. The van der Waals surface area contributed by atoms with Crippen LogP contribution >= 0.6 is 0 Å². The fourth-order valence-electron chi connectivity index (χ4n) is 3.35. The third-order valence-electron chi connectivity index (χ3n) is 4.80. The Morgan fingerprint density at radius 1 is 1.13 bits per heavy atom. The number of likely N-dealkylation sites (N-methyl/N-ethyl adjacent to an activating group) is 1. The maximum atomic E-state index is 12.9. The summed E-state index contributed by atoms with van der Waals surface area (Å²) >= 11 is 0. The van der Waals surface area contributed by atoms with Gasteiger partial charge < -0.3 is 0 Å². The second kappa shape index (κ2) is 7.60. The van der Waals surface area contributed by atoms with Crippen LogP contribution in [0.2, 0.25) is 0 Å². The summed E-state index contributed by atoms with van der Waals surface area (Å²) in [5.74, 6) is -2.17. The van der Waals surface area contributed by atoms with E-state index >= 15 is 0 Å². The highest BCUT2D eigenvalue weighted by molar-refractivity contribution is 6.10. The predicted octanol–water partition coefficient (Wildman–Crippen LogP) is 1.30. The summed E-state index contributed by atoms with van der Waals surface area (Å²) in [5.41, 5.74) is -0.187. The summed E-state index contributed by atoms with van der Waals surface area (Å²) in [7, 11) is 1.33. The highest BCUT2D eigenvalue weighted by Crippen LogP contribution is 2.31. The van der Waals surface area contributed by atoms with Crippen molar-refractivity contribution in [2.24, 2.45) is 4.99 Å². The minimum Gasteiger partial charge on any atom is -0.279 e. The number of aromatic nitrogens is 3. The molecule has 0 N–H and O–H groups in total. The minimum atomic E-state index is -0.945. The summed E-state index contributed by atoms with van der Waals surface area (Å²) < 4.78 is 0.962. The summed E-state index contributed by atoms with van der Waals surface area (Å²) in [6.45, 7) is 0. The number of fused-ring (bicyclic) bond motifs is 1. The molecule has 4 rings (SSSR count). The fraction of sp³-hybridized carbons (Fsp3) is 0.100. The van der Waals surface area contributed by atoms with Gasteiger partial charge in [0, 0.05) is 13.1 Å². The first-order valence-electron chi connectivity index (χ1n) is 8.98. The molecule has 1 aliphatic heterocycles. The molecule has 11 nitrogen and oxygen atoms in total. The van der Waals surface area contributed by atoms with Crippen LogP contribution in [0.3, 0.4) is 0 Å². The van der Waals surface area contributed by atoms with Crippen LogP contribution in [0.15, 0.2) is 59.6 Å². The zero-order chi connectivity index (χ0) is 22.1. The van der Waals surface area contributed by atoms with Crippen LogP contribution in [-0.2, 0) is 4.79 Å². The van der Waals surface area contributed by atoms with E-state index in [9.17, 15) is 19.7 Å². The van der Waals surface area contributed by atoms with E-state index in [1.54, 1.807) is 36.5 Å². The maximum absolute atomic E-state index is 12.9.